The first-order valence-corrected chi connectivity index (χ1v) is 15.2. The Labute approximate surface area is 240 Å². The first kappa shape index (κ1) is 28.4. The highest BCUT2D eigenvalue weighted by atomic mass is 16.5. The molecule has 0 bridgehead atoms. The molecule has 3 aromatic carbocycles. The summed E-state index contributed by atoms with van der Waals surface area (Å²) in [6.07, 6.45) is 11.8. The number of nitrogens with one attached hydrogen (secondary N) is 1. The Balaban J connectivity index is 1.17. The lowest BCUT2D eigenvalue weighted by molar-refractivity contribution is 0.289. The number of anilines is 1. The van der Waals surface area contributed by atoms with E-state index in [1.807, 2.05) is 6.07 Å². The van der Waals surface area contributed by atoms with E-state index < -0.39 is 0 Å². The zero-order chi connectivity index (χ0) is 27.7. The molecule has 1 saturated heterocycles. The molecule has 2 aliphatic rings. The number of phenolic OH excluding ortho intramolecular Hbond substituents is 1. The second-order valence-electron chi connectivity index (χ2n) is 11.5. The second-order valence-corrected chi connectivity index (χ2v) is 11.5. The number of fused-ring (bicyclic) bond motifs is 1. The van der Waals surface area contributed by atoms with Gasteiger partial charge in [0.2, 0.25) is 0 Å². The number of nitrogens with zero attached hydrogens (tertiary/aromatic N) is 1. The number of hydrogen-bond acceptors (Lipinski definition) is 5. The third-order valence-corrected chi connectivity index (χ3v) is 8.81. The van der Waals surface area contributed by atoms with Crippen LogP contribution in [0.3, 0.4) is 0 Å². The van der Waals surface area contributed by atoms with Gasteiger partial charge in [0.25, 0.3) is 0 Å². The smallest absolute Gasteiger partial charge is 0.162 e. The van der Waals surface area contributed by atoms with Crippen molar-refractivity contribution in [2.75, 3.05) is 45.7 Å². The molecule has 40 heavy (non-hydrogen) atoms. The average molecular weight is 543 g/mol. The summed E-state index contributed by atoms with van der Waals surface area (Å²) in [5, 5.41) is 13.6. The zero-order valence-electron chi connectivity index (χ0n) is 24.4. The number of aryl methyl sites for hydroxylation is 2. The van der Waals surface area contributed by atoms with E-state index in [1.54, 1.807) is 20.3 Å². The van der Waals surface area contributed by atoms with Crippen molar-refractivity contribution in [3.63, 3.8) is 0 Å². The van der Waals surface area contributed by atoms with Gasteiger partial charge in [0, 0.05) is 24.8 Å². The van der Waals surface area contributed by atoms with Crippen molar-refractivity contribution in [2.45, 2.75) is 70.1 Å². The highest BCUT2D eigenvalue weighted by molar-refractivity contribution is 5.62. The van der Waals surface area contributed by atoms with Gasteiger partial charge in [0.05, 0.1) is 14.2 Å². The molecule has 2 N–H and O–H groups in total. The van der Waals surface area contributed by atoms with E-state index in [0.29, 0.717) is 11.7 Å². The maximum Gasteiger partial charge on any atom is 0.162 e. The lowest BCUT2D eigenvalue weighted by Gasteiger charge is -2.28. The van der Waals surface area contributed by atoms with Crippen LogP contribution in [0.15, 0.2) is 54.6 Å². The number of ether oxygens (including phenoxy) is 2. The molecule has 0 aromatic heterocycles. The summed E-state index contributed by atoms with van der Waals surface area (Å²) in [6, 6.07) is 19.3. The van der Waals surface area contributed by atoms with E-state index in [-0.39, 0.29) is 0 Å². The molecule has 5 heteroatoms. The third-order valence-electron chi connectivity index (χ3n) is 8.81. The van der Waals surface area contributed by atoms with Crippen molar-refractivity contribution in [1.82, 2.24) is 4.90 Å². The summed E-state index contributed by atoms with van der Waals surface area (Å²) in [6.45, 7) is 4.62. The molecule has 0 saturated carbocycles. The van der Waals surface area contributed by atoms with Crippen molar-refractivity contribution in [1.29, 1.82) is 0 Å². The molecular weight excluding hydrogens is 496 g/mol. The number of likely N-dealkylation sites (tertiary alicyclic amines) is 1. The van der Waals surface area contributed by atoms with E-state index in [0.717, 1.165) is 62.3 Å². The lowest BCUT2D eigenvalue weighted by atomic mass is 9.79. The normalized spacial score (nSPS) is 17.6. The van der Waals surface area contributed by atoms with Crippen LogP contribution in [0.4, 0.5) is 5.69 Å². The molecule has 0 amide bonds. The standard InChI is InChI=1S/C35H46N2O3/c1-39-34-24-32(30-14-13-29-23-31(38)16-15-28(29)22-30)33(25-35(34)40-2)36-18-7-8-26-9-11-27(12-10-26)17-21-37-19-5-3-4-6-20-37/h9-12,15-16,23-25,30,36,38H,3-8,13-14,17-22H2,1-2H3/t30-/m1/s1. The van der Waals surface area contributed by atoms with Crippen LogP contribution in [0.5, 0.6) is 17.2 Å². The van der Waals surface area contributed by atoms with E-state index >= 15 is 0 Å². The van der Waals surface area contributed by atoms with Gasteiger partial charge in [-0.25, -0.2) is 0 Å². The van der Waals surface area contributed by atoms with E-state index in [2.05, 4.69) is 52.7 Å². The van der Waals surface area contributed by atoms with Crippen molar-refractivity contribution in [3.05, 3.63) is 82.4 Å². The summed E-state index contributed by atoms with van der Waals surface area (Å²) >= 11 is 0. The van der Waals surface area contributed by atoms with Crippen molar-refractivity contribution in [3.8, 4) is 17.2 Å². The first-order valence-electron chi connectivity index (χ1n) is 15.2. The summed E-state index contributed by atoms with van der Waals surface area (Å²) in [5.41, 5.74) is 7.85. The number of phenols is 1. The molecule has 0 radical (unpaired) electrons. The maximum absolute atomic E-state index is 9.90. The minimum Gasteiger partial charge on any atom is -0.508 e. The number of benzene rings is 3. The van der Waals surface area contributed by atoms with Crippen LogP contribution in [0.25, 0.3) is 0 Å². The minimum absolute atomic E-state index is 0.355. The quantitative estimate of drug-likeness (QED) is 0.252. The Morgan fingerprint density at radius 1 is 0.825 bits per heavy atom. The van der Waals surface area contributed by atoms with Crippen LogP contribution < -0.4 is 14.8 Å². The van der Waals surface area contributed by atoms with Gasteiger partial charge in [-0.05, 0) is 116 Å². The first-order chi connectivity index (χ1) is 19.6. The van der Waals surface area contributed by atoms with E-state index in [9.17, 15) is 5.11 Å². The van der Waals surface area contributed by atoms with Gasteiger partial charge >= 0.3 is 0 Å². The van der Waals surface area contributed by atoms with Gasteiger partial charge in [-0.1, -0.05) is 43.2 Å². The Hall–Kier alpha value is -3.18. The SMILES string of the molecule is COc1cc(NCCCc2ccc(CCN3CCCCCC3)cc2)c([C@@H]2CCc3cc(O)ccc3C2)cc1OC. The van der Waals surface area contributed by atoms with Gasteiger partial charge in [0.15, 0.2) is 11.5 Å². The molecule has 0 spiro atoms. The number of aromatic hydroxyl groups is 1. The van der Waals surface area contributed by atoms with Gasteiger partial charge in [-0.2, -0.15) is 0 Å². The van der Waals surface area contributed by atoms with Crippen LogP contribution in [0.1, 0.15) is 72.3 Å². The van der Waals surface area contributed by atoms with E-state index in [4.69, 9.17) is 9.47 Å². The molecule has 214 valence electrons. The Bertz CT molecular complexity index is 1230. The highest BCUT2D eigenvalue weighted by Gasteiger charge is 2.24. The Kier molecular flexibility index (Phi) is 9.88. The molecule has 5 nitrogen and oxygen atoms in total. The molecule has 1 aliphatic heterocycles. The number of rotatable bonds is 11. The molecule has 1 atom stereocenters. The van der Waals surface area contributed by atoms with Crippen LogP contribution in [0, 0.1) is 0 Å². The minimum atomic E-state index is 0.355. The van der Waals surface area contributed by atoms with E-state index in [1.165, 1.54) is 73.1 Å². The fourth-order valence-corrected chi connectivity index (χ4v) is 6.43. The summed E-state index contributed by atoms with van der Waals surface area (Å²) < 4.78 is 11.3. The highest BCUT2D eigenvalue weighted by Crippen LogP contribution is 2.42. The molecule has 1 aliphatic carbocycles. The van der Waals surface area contributed by atoms with Gasteiger partial charge < -0.3 is 24.8 Å². The summed E-state index contributed by atoms with van der Waals surface area (Å²) in [4.78, 5) is 2.64. The van der Waals surface area contributed by atoms with Crippen LogP contribution >= 0.6 is 0 Å². The third kappa shape index (κ3) is 7.31. The Morgan fingerprint density at radius 3 is 2.25 bits per heavy atom. The van der Waals surface area contributed by atoms with Gasteiger partial charge in [-0.15, -0.1) is 0 Å². The van der Waals surface area contributed by atoms with Crippen LogP contribution in [0.2, 0.25) is 0 Å². The predicted octanol–water partition coefficient (Wildman–Crippen LogP) is 7.15. The fourth-order valence-electron chi connectivity index (χ4n) is 6.43. The lowest BCUT2D eigenvalue weighted by Crippen LogP contribution is -2.26. The van der Waals surface area contributed by atoms with Crippen molar-refractivity contribution < 1.29 is 14.6 Å². The molecular formula is C35H46N2O3. The molecule has 0 unspecified atom stereocenters. The topological polar surface area (TPSA) is 54.0 Å². The second kappa shape index (κ2) is 13.9. The maximum atomic E-state index is 9.90. The van der Waals surface area contributed by atoms with Gasteiger partial charge in [-0.3, -0.25) is 0 Å². The monoisotopic (exact) mass is 542 g/mol. The number of methoxy groups -OCH3 is 2. The largest absolute Gasteiger partial charge is 0.508 e. The summed E-state index contributed by atoms with van der Waals surface area (Å²) in [5.74, 6) is 2.27. The molecule has 1 heterocycles. The average Bonchev–Trinajstić information content (AvgIpc) is 3.27. The summed E-state index contributed by atoms with van der Waals surface area (Å²) in [7, 11) is 3.40. The Morgan fingerprint density at radius 2 is 1.52 bits per heavy atom. The predicted molar refractivity (Wildman–Crippen MR) is 164 cm³/mol. The van der Waals surface area contributed by atoms with Crippen molar-refractivity contribution in [2.24, 2.45) is 0 Å². The number of hydrogen-bond donors (Lipinski definition) is 2. The van der Waals surface area contributed by atoms with Crippen LogP contribution in [-0.4, -0.2) is 50.4 Å². The van der Waals surface area contributed by atoms with Gasteiger partial charge in [0.1, 0.15) is 5.75 Å². The molecule has 3 aromatic rings. The fraction of sp³-hybridized carbons (Fsp3) is 0.486. The van der Waals surface area contributed by atoms with Crippen LogP contribution in [-0.2, 0) is 25.7 Å². The molecule has 1 fully saturated rings. The van der Waals surface area contributed by atoms with Crippen molar-refractivity contribution >= 4 is 5.69 Å². The zero-order valence-corrected chi connectivity index (χ0v) is 24.4. The molecule has 5 rings (SSSR count).